The lowest BCUT2D eigenvalue weighted by Gasteiger charge is -2.15. The molecule has 0 unspecified atom stereocenters. The van der Waals surface area contributed by atoms with Gasteiger partial charge in [0.1, 0.15) is 11.6 Å². The quantitative estimate of drug-likeness (QED) is 0.358. The summed E-state index contributed by atoms with van der Waals surface area (Å²) < 4.78 is 19.0. The second-order valence-corrected chi connectivity index (χ2v) is 6.15. The fourth-order valence-corrected chi connectivity index (χ4v) is 2.16. The molecule has 1 amide bonds. The number of carbonyl (C=O) groups excluding carboxylic acids is 1. The second kappa shape index (κ2) is 11.6. The molecule has 0 atom stereocenters. The zero-order valence-corrected chi connectivity index (χ0v) is 18.1. The summed E-state index contributed by atoms with van der Waals surface area (Å²) in [4.78, 5) is 17.7. The molecular weight excluding hydrogens is 462 g/mol. The van der Waals surface area contributed by atoms with Crippen LogP contribution in [0.15, 0.2) is 46.0 Å². The molecule has 0 bridgehead atoms. The number of nitrogens with zero attached hydrogens (tertiary/aromatic N) is 2. The van der Waals surface area contributed by atoms with Gasteiger partial charge in [-0.2, -0.15) is 0 Å². The van der Waals surface area contributed by atoms with E-state index >= 15 is 0 Å². The average molecular weight is 488 g/mol. The molecule has 0 aliphatic rings. The van der Waals surface area contributed by atoms with Crippen molar-refractivity contribution in [1.82, 2.24) is 15.5 Å². The van der Waals surface area contributed by atoms with Crippen molar-refractivity contribution >= 4 is 35.8 Å². The lowest BCUT2D eigenvalue weighted by Crippen LogP contribution is -2.43. The molecule has 0 radical (unpaired) electrons. The van der Waals surface area contributed by atoms with Gasteiger partial charge in [-0.1, -0.05) is 12.1 Å². The van der Waals surface area contributed by atoms with E-state index in [2.05, 4.69) is 15.6 Å². The monoisotopic (exact) mass is 488 g/mol. The highest BCUT2D eigenvalue weighted by atomic mass is 127. The number of rotatable bonds is 7. The number of halogens is 2. The lowest BCUT2D eigenvalue weighted by molar-refractivity contribution is -0.127. The molecule has 148 valence electrons. The zero-order valence-electron chi connectivity index (χ0n) is 15.8. The third-order valence-electron chi connectivity index (χ3n) is 3.81. The molecule has 0 saturated carbocycles. The average Bonchev–Trinajstić information content (AvgIpc) is 3.12. The number of furan rings is 1. The van der Waals surface area contributed by atoms with Gasteiger partial charge in [0.25, 0.3) is 0 Å². The van der Waals surface area contributed by atoms with Crippen LogP contribution in [-0.4, -0.2) is 44.0 Å². The molecule has 0 fully saturated rings. The summed E-state index contributed by atoms with van der Waals surface area (Å²) in [6.07, 6.45) is 2.32. The van der Waals surface area contributed by atoms with Gasteiger partial charge in [0, 0.05) is 27.1 Å². The van der Waals surface area contributed by atoms with Crippen LogP contribution in [0.3, 0.4) is 0 Å². The number of likely N-dealkylation sites (N-methyl/N-ethyl adjacent to an activating group) is 1. The van der Waals surface area contributed by atoms with Crippen LogP contribution in [0.1, 0.15) is 16.9 Å². The summed E-state index contributed by atoms with van der Waals surface area (Å²) >= 11 is 0. The van der Waals surface area contributed by atoms with Crippen LogP contribution in [-0.2, 0) is 17.8 Å². The van der Waals surface area contributed by atoms with Crippen molar-refractivity contribution < 1.29 is 13.6 Å². The maximum absolute atomic E-state index is 13.7. The molecule has 6 nitrogen and oxygen atoms in total. The minimum absolute atomic E-state index is 0. The Bertz CT molecular complexity index is 748. The van der Waals surface area contributed by atoms with E-state index in [9.17, 15) is 9.18 Å². The first-order valence-corrected chi connectivity index (χ1v) is 8.45. The Balaban J connectivity index is 0.00000364. The molecule has 27 heavy (non-hydrogen) atoms. The van der Waals surface area contributed by atoms with E-state index in [0.29, 0.717) is 31.0 Å². The van der Waals surface area contributed by atoms with E-state index in [1.165, 1.54) is 11.0 Å². The molecule has 0 aliphatic heterocycles. The smallest absolute Gasteiger partial charge is 0.241 e. The van der Waals surface area contributed by atoms with Crippen LogP contribution in [0.4, 0.5) is 4.39 Å². The first-order chi connectivity index (χ1) is 12.5. The van der Waals surface area contributed by atoms with Gasteiger partial charge in [-0.25, -0.2) is 9.38 Å². The van der Waals surface area contributed by atoms with Gasteiger partial charge in [0.15, 0.2) is 5.96 Å². The van der Waals surface area contributed by atoms with E-state index in [-0.39, 0.29) is 42.2 Å². The Morgan fingerprint density at radius 3 is 2.67 bits per heavy atom. The van der Waals surface area contributed by atoms with Crippen molar-refractivity contribution in [2.75, 3.05) is 27.2 Å². The van der Waals surface area contributed by atoms with Crippen LogP contribution in [0.2, 0.25) is 0 Å². The Morgan fingerprint density at radius 1 is 1.26 bits per heavy atom. The largest absolute Gasteiger partial charge is 0.469 e. The Morgan fingerprint density at radius 2 is 2.04 bits per heavy atom. The van der Waals surface area contributed by atoms with Crippen LogP contribution in [0, 0.1) is 12.7 Å². The number of aliphatic imine (C=N–C) groups is 1. The highest BCUT2D eigenvalue weighted by Crippen LogP contribution is 2.10. The number of benzene rings is 1. The van der Waals surface area contributed by atoms with E-state index < -0.39 is 0 Å². The predicted molar refractivity (Wildman–Crippen MR) is 115 cm³/mol. The number of carbonyl (C=O) groups is 1. The summed E-state index contributed by atoms with van der Waals surface area (Å²) in [6.45, 7) is 2.75. The fourth-order valence-electron chi connectivity index (χ4n) is 2.16. The van der Waals surface area contributed by atoms with Crippen molar-refractivity contribution in [3.8, 4) is 0 Å². The molecule has 2 N–H and O–H groups in total. The normalized spacial score (nSPS) is 10.9. The third kappa shape index (κ3) is 7.98. The van der Waals surface area contributed by atoms with Crippen LogP contribution < -0.4 is 10.6 Å². The molecule has 0 spiro atoms. The molecule has 2 rings (SSSR count). The highest BCUT2D eigenvalue weighted by molar-refractivity contribution is 14.0. The maximum Gasteiger partial charge on any atom is 0.241 e. The highest BCUT2D eigenvalue weighted by Gasteiger charge is 2.07. The Labute approximate surface area is 176 Å². The Hall–Kier alpha value is -2.10. The number of nitrogens with one attached hydrogen (secondary N) is 2. The van der Waals surface area contributed by atoms with E-state index in [1.54, 1.807) is 33.3 Å². The molecule has 0 saturated heterocycles. The minimum Gasteiger partial charge on any atom is -0.469 e. The van der Waals surface area contributed by atoms with Gasteiger partial charge < -0.3 is 20.0 Å². The Kier molecular flexibility index (Phi) is 9.84. The zero-order chi connectivity index (χ0) is 18.9. The molecule has 2 aromatic rings. The van der Waals surface area contributed by atoms with Gasteiger partial charge in [0.2, 0.25) is 5.91 Å². The number of hydrogen-bond donors (Lipinski definition) is 2. The number of guanidine groups is 1. The minimum atomic E-state index is -0.249. The summed E-state index contributed by atoms with van der Waals surface area (Å²) in [7, 11) is 3.39. The third-order valence-corrected chi connectivity index (χ3v) is 3.81. The molecule has 1 heterocycles. The number of hydrogen-bond acceptors (Lipinski definition) is 3. The van der Waals surface area contributed by atoms with E-state index in [4.69, 9.17) is 4.42 Å². The number of amides is 1. The van der Waals surface area contributed by atoms with Crippen molar-refractivity contribution in [2.24, 2.45) is 4.99 Å². The molecular formula is C19H26FIN4O2. The summed E-state index contributed by atoms with van der Waals surface area (Å²) in [5.41, 5.74) is 1.36. The topological polar surface area (TPSA) is 69.9 Å². The van der Waals surface area contributed by atoms with Crippen LogP contribution in [0.5, 0.6) is 0 Å². The predicted octanol–water partition coefficient (Wildman–Crippen LogP) is 2.71. The standard InChI is InChI=1S/C19H25FN4O2.HI/c1-14-6-7-15(11-17(14)20)12-22-19(23-13-18(25)24(2)3)21-9-8-16-5-4-10-26-16;/h4-7,10-11H,8-9,12-13H2,1-3H3,(H2,21,22,23);1H. The number of aryl methyl sites for hydroxylation is 1. The summed E-state index contributed by atoms with van der Waals surface area (Å²) in [5.74, 6) is 1.04. The van der Waals surface area contributed by atoms with Gasteiger partial charge in [0.05, 0.1) is 19.4 Å². The van der Waals surface area contributed by atoms with Crippen LogP contribution in [0.25, 0.3) is 0 Å². The van der Waals surface area contributed by atoms with Crippen molar-refractivity contribution in [2.45, 2.75) is 19.9 Å². The summed E-state index contributed by atoms with van der Waals surface area (Å²) in [5, 5.41) is 6.16. The molecule has 8 heteroatoms. The van der Waals surface area contributed by atoms with E-state index in [0.717, 1.165) is 11.3 Å². The van der Waals surface area contributed by atoms with Crippen molar-refractivity contribution in [1.29, 1.82) is 0 Å². The van der Waals surface area contributed by atoms with Crippen LogP contribution >= 0.6 is 24.0 Å². The molecule has 1 aromatic heterocycles. The maximum atomic E-state index is 13.7. The van der Waals surface area contributed by atoms with Crippen molar-refractivity contribution in [3.05, 3.63) is 59.3 Å². The van der Waals surface area contributed by atoms with Gasteiger partial charge in [-0.3, -0.25) is 4.79 Å². The second-order valence-electron chi connectivity index (χ2n) is 6.15. The molecule has 0 aliphatic carbocycles. The van der Waals surface area contributed by atoms with Crippen molar-refractivity contribution in [3.63, 3.8) is 0 Å². The van der Waals surface area contributed by atoms with Gasteiger partial charge in [-0.05, 0) is 36.2 Å². The first kappa shape index (κ1) is 22.9. The first-order valence-electron chi connectivity index (χ1n) is 8.45. The van der Waals surface area contributed by atoms with Gasteiger partial charge >= 0.3 is 0 Å². The summed E-state index contributed by atoms with van der Waals surface area (Å²) in [6, 6.07) is 8.78. The van der Waals surface area contributed by atoms with E-state index in [1.807, 2.05) is 18.2 Å². The molecule has 1 aromatic carbocycles. The fraction of sp³-hybridized carbons (Fsp3) is 0.368. The SMILES string of the molecule is Cc1ccc(CN=C(NCCc2ccco2)NCC(=O)N(C)C)cc1F.I. The van der Waals surface area contributed by atoms with Gasteiger partial charge in [-0.15, -0.1) is 24.0 Å². The lowest BCUT2D eigenvalue weighted by atomic mass is 10.1.